The summed E-state index contributed by atoms with van der Waals surface area (Å²) in [4.78, 5) is 11.8. The Balaban J connectivity index is 2.11. The fraction of sp³-hybridized carbons (Fsp3) is 0.0769. The first-order valence-electron chi connectivity index (χ1n) is 5.54. The SMILES string of the molecule is O=c1cccc2[nH]nc(Cc3ccccc3Br)n12. The van der Waals surface area contributed by atoms with Crippen LogP contribution in [0.3, 0.4) is 0 Å². The molecule has 0 saturated carbocycles. The highest BCUT2D eigenvalue weighted by atomic mass is 79.9. The minimum Gasteiger partial charge on any atom is -0.269 e. The Bertz CT molecular complexity index is 760. The molecule has 0 aliphatic heterocycles. The van der Waals surface area contributed by atoms with E-state index >= 15 is 0 Å². The van der Waals surface area contributed by atoms with E-state index in [1.54, 1.807) is 10.5 Å². The molecule has 5 heteroatoms. The summed E-state index contributed by atoms with van der Waals surface area (Å²) in [5.74, 6) is 0.711. The highest BCUT2D eigenvalue weighted by molar-refractivity contribution is 9.10. The molecule has 2 aromatic heterocycles. The van der Waals surface area contributed by atoms with Gasteiger partial charge in [-0.3, -0.25) is 9.89 Å². The highest BCUT2D eigenvalue weighted by Crippen LogP contribution is 2.18. The summed E-state index contributed by atoms with van der Waals surface area (Å²) in [6, 6.07) is 13.0. The maximum absolute atomic E-state index is 11.8. The van der Waals surface area contributed by atoms with Gasteiger partial charge in [-0.2, -0.15) is 5.10 Å². The van der Waals surface area contributed by atoms with Gasteiger partial charge in [0, 0.05) is 17.0 Å². The van der Waals surface area contributed by atoms with Crippen LogP contribution in [0.1, 0.15) is 11.4 Å². The predicted octanol–water partition coefficient (Wildman–Crippen LogP) is 2.38. The third-order valence-electron chi connectivity index (χ3n) is 2.82. The predicted molar refractivity (Wildman–Crippen MR) is 72.8 cm³/mol. The monoisotopic (exact) mass is 303 g/mol. The molecule has 0 aliphatic rings. The van der Waals surface area contributed by atoms with Crippen LogP contribution in [-0.2, 0) is 6.42 Å². The van der Waals surface area contributed by atoms with Crippen LogP contribution in [0.5, 0.6) is 0 Å². The lowest BCUT2D eigenvalue weighted by atomic mass is 10.1. The maximum Gasteiger partial charge on any atom is 0.257 e. The smallest absolute Gasteiger partial charge is 0.257 e. The summed E-state index contributed by atoms with van der Waals surface area (Å²) in [7, 11) is 0. The van der Waals surface area contributed by atoms with Crippen LogP contribution in [-0.4, -0.2) is 14.6 Å². The molecule has 2 heterocycles. The Kier molecular flexibility index (Phi) is 2.76. The van der Waals surface area contributed by atoms with E-state index in [0.29, 0.717) is 17.9 Å². The summed E-state index contributed by atoms with van der Waals surface area (Å²) < 4.78 is 2.62. The van der Waals surface area contributed by atoms with E-state index in [1.165, 1.54) is 6.07 Å². The van der Waals surface area contributed by atoms with E-state index in [4.69, 9.17) is 0 Å². The average molecular weight is 304 g/mol. The highest BCUT2D eigenvalue weighted by Gasteiger charge is 2.08. The molecule has 0 fully saturated rings. The maximum atomic E-state index is 11.8. The lowest BCUT2D eigenvalue weighted by Crippen LogP contribution is -2.13. The Morgan fingerprint density at radius 1 is 1.17 bits per heavy atom. The van der Waals surface area contributed by atoms with Crippen molar-refractivity contribution in [1.29, 1.82) is 0 Å². The standard InChI is InChI=1S/C13H10BrN3O/c14-10-5-2-1-4-9(10)8-12-16-15-11-6-3-7-13(18)17(11)12/h1-7,15H,8H2. The normalized spacial score (nSPS) is 10.9. The van der Waals surface area contributed by atoms with E-state index < -0.39 is 0 Å². The van der Waals surface area contributed by atoms with Crippen LogP contribution in [0.15, 0.2) is 51.7 Å². The fourth-order valence-corrected chi connectivity index (χ4v) is 2.37. The van der Waals surface area contributed by atoms with Gasteiger partial charge in [0.05, 0.1) is 0 Å². The molecule has 18 heavy (non-hydrogen) atoms. The quantitative estimate of drug-likeness (QED) is 0.790. The van der Waals surface area contributed by atoms with Crippen molar-refractivity contribution in [3.8, 4) is 0 Å². The number of nitrogens with zero attached hydrogens (tertiary/aromatic N) is 2. The zero-order valence-electron chi connectivity index (χ0n) is 9.43. The molecule has 1 aromatic carbocycles. The number of aromatic amines is 1. The number of aromatic nitrogens is 3. The Morgan fingerprint density at radius 2 is 2.00 bits per heavy atom. The van der Waals surface area contributed by atoms with Crippen molar-refractivity contribution in [2.75, 3.05) is 0 Å². The number of hydrogen-bond acceptors (Lipinski definition) is 2. The van der Waals surface area contributed by atoms with Gasteiger partial charge in [0.15, 0.2) is 0 Å². The van der Waals surface area contributed by atoms with Crippen molar-refractivity contribution >= 4 is 21.6 Å². The second-order valence-electron chi connectivity index (χ2n) is 3.99. The summed E-state index contributed by atoms with van der Waals surface area (Å²) in [6.07, 6.45) is 0.603. The van der Waals surface area contributed by atoms with Crippen molar-refractivity contribution in [1.82, 2.24) is 14.6 Å². The van der Waals surface area contributed by atoms with Crippen LogP contribution in [0.2, 0.25) is 0 Å². The second kappa shape index (κ2) is 4.42. The summed E-state index contributed by atoms with van der Waals surface area (Å²) in [5.41, 5.74) is 1.74. The number of fused-ring (bicyclic) bond motifs is 1. The third kappa shape index (κ3) is 1.86. The Morgan fingerprint density at radius 3 is 2.83 bits per heavy atom. The number of halogens is 1. The lowest BCUT2D eigenvalue weighted by molar-refractivity contribution is 0.914. The fourth-order valence-electron chi connectivity index (χ4n) is 1.95. The molecule has 0 spiro atoms. The van der Waals surface area contributed by atoms with Gasteiger partial charge in [0.1, 0.15) is 11.5 Å². The van der Waals surface area contributed by atoms with Gasteiger partial charge in [-0.25, -0.2) is 4.40 Å². The molecule has 3 rings (SSSR count). The molecule has 0 atom stereocenters. The number of H-pyrrole nitrogens is 1. The van der Waals surface area contributed by atoms with E-state index in [9.17, 15) is 4.79 Å². The molecule has 3 aromatic rings. The van der Waals surface area contributed by atoms with E-state index in [-0.39, 0.29) is 5.56 Å². The van der Waals surface area contributed by atoms with Crippen molar-refractivity contribution in [3.63, 3.8) is 0 Å². The van der Waals surface area contributed by atoms with Crippen molar-refractivity contribution in [3.05, 3.63) is 68.7 Å². The molecule has 4 nitrogen and oxygen atoms in total. The van der Waals surface area contributed by atoms with Gasteiger partial charge in [-0.15, -0.1) is 0 Å². The first-order valence-corrected chi connectivity index (χ1v) is 6.33. The van der Waals surface area contributed by atoms with Crippen LogP contribution in [0, 0.1) is 0 Å². The van der Waals surface area contributed by atoms with Crippen molar-refractivity contribution in [2.24, 2.45) is 0 Å². The van der Waals surface area contributed by atoms with Crippen LogP contribution in [0.4, 0.5) is 0 Å². The van der Waals surface area contributed by atoms with Gasteiger partial charge < -0.3 is 0 Å². The van der Waals surface area contributed by atoms with Gasteiger partial charge in [0.25, 0.3) is 5.56 Å². The van der Waals surface area contributed by atoms with Crippen LogP contribution < -0.4 is 5.56 Å². The second-order valence-corrected chi connectivity index (χ2v) is 4.85. The van der Waals surface area contributed by atoms with Crippen LogP contribution >= 0.6 is 15.9 Å². The molecule has 0 aliphatic carbocycles. The number of pyridine rings is 1. The topological polar surface area (TPSA) is 50.2 Å². The van der Waals surface area contributed by atoms with Crippen LogP contribution in [0.25, 0.3) is 5.65 Å². The number of hydrogen-bond donors (Lipinski definition) is 1. The molecule has 0 amide bonds. The first kappa shape index (κ1) is 11.2. The molecule has 0 radical (unpaired) electrons. The van der Waals surface area contributed by atoms with Crippen molar-refractivity contribution in [2.45, 2.75) is 6.42 Å². The minimum absolute atomic E-state index is 0.0664. The van der Waals surface area contributed by atoms with Gasteiger partial charge in [-0.05, 0) is 17.7 Å². The van der Waals surface area contributed by atoms with E-state index in [2.05, 4.69) is 26.1 Å². The number of rotatable bonds is 2. The lowest BCUT2D eigenvalue weighted by Gasteiger charge is -2.02. The summed E-state index contributed by atoms with van der Waals surface area (Å²) >= 11 is 3.50. The Hall–Kier alpha value is -1.88. The number of benzene rings is 1. The zero-order valence-corrected chi connectivity index (χ0v) is 11.0. The zero-order chi connectivity index (χ0) is 12.5. The minimum atomic E-state index is -0.0664. The number of nitrogens with one attached hydrogen (secondary N) is 1. The Labute approximate surface area is 111 Å². The molecule has 90 valence electrons. The van der Waals surface area contributed by atoms with Gasteiger partial charge in [-0.1, -0.05) is 40.2 Å². The van der Waals surface area contributed by atoms with Crippen molar-refractivity contribution < 1.29 is 0 Å². The molecule has 1 N–H and O–H groups in total. The molecule has 0 bridgehead atoms. The van der Waals surface area contributed by atoms with E-state index in [0.717, 1.165) is 10.0 Å². The molecule has 0 saturated heterocycles. The summed E-state index contributed by atoms with van der Waals surface area (Å²) in [5, 5.41) is 7.08. The van der Waals surface area contributed by atoms with Gasteiger partial charge >= 0.3 is 0 Å². The molecular formula is C13H10BrN3O. The largest absolute Gasteiger partial charge is 0.269 e. The third-order valence-corrected chi connectivity index (χ3v) is 3.59. The average Bonchev–Trinajstić information content (AvgIpc) is 2.77. The van der Waals surface area contributed by atoms with Gasteiger partial charge in [0.2, 0.25) is 0 Å². The first-order chi connectivity index (χ1) is 8.75. The molecule has 0 unspecified atom stereocenters. The molecular weight excluding hydrogens is 294 g/mol. The van der Waals surface area contributed by atoms with E-state index in [1.807, 2.05) is 30.3 Å². The summed E-state index contributed by atoms with van der Waals surface area (Å²) in [6.45, 7) is 0.